The van der Waals surface area contributed by atoms with Gasteiger partial charge in [0.2, 0.25) is 11.8 Å². The van der Waals surface area contributed by atoms with Gasteiger partial charge in [-0.15, -0.1) is 0 Å². The lowest BCUT2D eigenvalue weighted by Gasteiger charge is -2.22. The highest BCUT2D eigenvalue weighted by Gasteiger charge is 2.30. The van der Waals surface area contributed by atoms with Gasteiger partial charge in [-0.2, -0.15) is 0 Å². The number of nitrogens with zero attached hydrogens (tertiary/aromatic N) is 2. The van der Waals surface area contributed by atoms with E-state index in [2.05, 4.69) is 20.9 Å². The third-order valence-corrected chi connectivity index (χ3v) is 6.54. The Morgan fingerprint density at radius 3 is 2.43 bits per heavy atom. The molecule has 1 saturated heterocycles. The molecular weight excluding hydrogens is 470 g/mol. The van der Waals surface area contributed by atoms with Crippen molar-refractivity contribution < 1.29 is 19.5 Å². The van der Waals surface area contributed by atoms with Gasteiger partial charge in [-0.1, -0.05) is 18.2 Å². The first-order chi connectivity index (χ1) is 18.0. The molecule has 1 aliphatic rings. The van der Waals surface area contributed by atoms with Crippen LogP contribution in [0, 0.1) is 0 Å². The number of piperidine rings is 1. The van der Waals surface area contributed by atoms with E-state index in [1.54, 1.807) is 24.7 Å². The van der Waals surface area contributed by atoms with E-state index >= 15 is 0 Å². The van der Waals surface area contributed by atoms with Crippen LogP contribution < -0.4 is 16.0 Å². The Kier molecular flexibility index (Phi) is 6.85. The highest BCUT2D eigenvalue weighted by Crippen LogP contribution is 2.33. The second-order valence-corrected chi connectivity index (χ2v) is 9.11. The van der Waals surface area contributed by atoms with E-state index in [9.17, 15) is 19.5 Å². The lowest BCUT2D eigenvalue weighted by molar-refractivity contribution is -0.135. The maximum absolute atomic E-state index is 12.4. The number of anilines is 1. The number of aromatic nitrogens is 2. The number of hydrogen-bond acceptors (Lipinski definition) is 5. The number of carbonyl (C=O) groups is 3. The highest BCUT2D eigenvalue weighted by molar-refractivity contribution is 6.00. The van der Waals surface area contributed by atoms with E-state index in [1.807, 2.05) is 48.5 Å². The van der Waals surface area contributed by atoms with E-state index in [1.165, 1.54) is 15.7 Å². The number of urea groups is 1. The zero-order valence-corrected chi connectivity index (χ0v) is 20.1. The Morgan fingerprint density at radius 1 is 1.00 bits per heavy atom. The number of rotatable bonds is 7. The van der Waals surface area contributed by atoms with Crippen LogP contribution in [0.2, 0.25) is 0 Å². The fourth-order valence-electron chi connectivity index (χ4n) is 4.52. The first kappa shape index (κ1) is 24.1. The summed E-state index contributed by atoms with van der Waals surface area (Å²) < 4.78 is 1.50. The molecule has 5 rings (SSSR count). The molecule has 1 atom stereocenters. The van der Waals surface area contributed by atoms with Crippen molar-refractivity contribution in [3.05, 3.63) is 89.9 Å². The molecule has 3 heterocycles. The third-order valence-electron chi connectivity index (χ3n) is 6.54. The largest absolute Gasteiger partial charge is 0.494 e. The topological polar surface area (TPSA) is 125 Å². The van der Waals surface area contributed by atoms with Gasteiger partial charge in [-0.25, -0.2) is 4.79 Å². The van der Waals surface area contributed by atoms with Gasteiger partial charge in [0.15, 0.2) is 5.88 Å². The summed E-state index contributed by atoms with van der Waals surface area (Å²) >= 11 is 0. The Bertz CT molecular complexity index is 1450. The van der Waals surface area contributed by atoms with E-state index < -0.39 is 11.9 Å². The van der Waals surface area contributed by atoms with Gasteiger partial charge < -0.3 is 20.3 Å². The zero-order valence-electron chi connectivity index (χ0n) is 20.1. The summed E-state index contributed by atoms with van der Waals surface area (Å²) in [7, 11) is 0. The van der Waals surface area contributed by atoms with Crippen molar-refractivity contribution in [3.8, 4) is 5.88 Å². The molecule has 0 bridgehead atoms. The van der Waals surface area contributed by atoms with Gasteiger partial charge in [0.05, 0.1) is 0 Å². The molecule has 4 amide bonds. The SMILES string of the molecule is O=C1CCC(n2cc3cc(CNC(=O)Nc4ccc(CCc5ccncc5)cc4)ccc3c2O)C(=O)N1. The summed E-state index contributed by atoms with van der Waals surface area (Å²) in [5.41, 5.74) is 3.96. The summed E-state index contributed by atoms with van der Waals surface area (Å²) in [6.07, 6.45) is 7.67. The molecule has 2 aromatic carbocycles. The predicted molar refractivity (Wildman–Crippen MR) is 139 cm³/mol. The van der Waals surface area contributed by atoms with Gasteiger partial charge in [0, 0.05) is 48.0 Å². The van der Waals surface area contributed by atoms with Crippen LogP contribution in [-0.2, 0) is 29.0 Å². The molecule has 37 heavy (non-hydrogen) atoms. The monoisotopic (exact) mass is 497 g/mol. The minimum absolute atomic E-state index is 0.0222. The number of imide groups is 1. The zero-order chi connectivity index (χ0) is 25.8. The van der Waals surface area contributed by atoms with Gasteiger partial charge >= 0.3 is 6.03 Å². The number of carbonyl (C=O) groups excluding carboxylic acids is 3. The first-order valence-corrected chi connectivity index (χ1v) is 12.1. The number of pyridine rings is 1. The molecule has 9 heteroatoms. The smallest absolute Gasteiger partial charge is 0.319 e. The molecular formula is C28H27N5O4. The van der Waals surface area contributed by atoms with Crippen LogP contribution in [0.3, 0.4) is 0 Å². The van der Waals surface area contributed by atoms with Crippen molar-refractivity contribution >= 4 is 34.3 Å². The molecule has 1 aliphatic heterocycles. The number of aromatic hydroxyl groups is 1. The lowest BCUT2D eigenvalue weighted by atomic mass is 10.1. The fourth-order valence-corrected chi connectivity index (χ4v) is 4.52. The molecule has 188 valence electrons. The van der Waals surface area contributed by atoms with Crippen LogP contribution >= 0.6 is 0 Å². The number of fused-ring (bicyclic) bond motifs is 1. The number of aryl methyl sites for hydroxylation is 2. The van der Waals surface area contributed by atoms with Gasteiger partial charge in [-0.05, 0) is 72.4 Å². The molecule has 9 nitrogen and oxygen atoms in total. The number of hydrogen-bond donors (Lipinski definition) is 4. The fraction of sp³-hybridized carbons (Fsp3) is 0.214. The Morgan fingerprint density at radius 2 is 1.70 bits per heavy atom. The van der Waals surface area contributed by atoms with Crippen molar-refractivity contribution in [2.45, 2.75) is 38.3 Å². The van der Waals surface area contributed by atoms with Crippen molar-refractivity contribution in [1.82, 2.24) is 20.2 Å². The third kappa shape index (κ3) is 5.61. The average molecular weight is 498 g/mol. The van der Waals surface area contributed by atoms with Crippen LogP contribution in [0.5, 0.6) is 5.88 Å². The molecule has 1 unspecified atom stereocenters. The predicted octanol–water partition coefficient (Wildman–Crippen LogP) is 3.83. The van der Waals surface area contributed by atoms with Crippen LogP contribution in [0.1, 0.15) is 35.6 Å². The number of benzene rings is 2. The Labute approximate surface area is 213 Å². The summed E-state index contributed by atoms with van der Waals surface area (Å²) in [6.45, 7) is 0.288. The van der Waals surface area contributed by atoms with Crippen molar-refractivity contribution in [1.29, 1.82) is 0 Å². The van der Waals surface area contributed by atoms with Crippen LogP contribution in [0.25, 0.3) is 10.8 Å². The molecule has 0 saturated carbocycles. The summed E-state index contributed by atoms with van der Waals surface area (Å²) in [4.78, 5) is 40.1. The second kappa shape index (κ2) is 10.5. The number of nitrogens with one attached hydrogen (secondary N) is 3. The summed E-state index contributed by atoms with van der Waals surface area (Å²) in [5.74, 6) is -0.751. The average Bonchev–Trinajstić information content (AvgIpc) is 3.23. The van der Waals surface area contributed by atoms with E-state index in [0.29, 0.717) is 17.5 Å². The molecule has 2 aromatic heterocycles. The van der Waals surface area contributed by atoms with Crippen LogP contribution in [0.15, 0.2) is 73.2 Å². The molecule has 0 spiro atoms. The van der Waals surface area contributed by atoms with Crippen molar-refractivity contribution in [3.63, 3.8) is 0 Å². The molecule has 0 aliphatic carbocycles. The van der Waals surface area contributed by atoms with Crippen molar-refractivity contribution in [2.75, 3.05) is 5.32 Å². The first-order valence-electron chi connectivity index (χ1n) is 12.1. The van der Waals surface area contributed by atoms with Crippen molar-refractivity contribution in [2.24, 2.45) is 0 Å². The van der Waals surface area contributed by atoms with E-state index in [4.69, 9.17) is 0 Å². The summed E-state index contributed by atoms with van der Waals surface area (Å²) in [5, 5.41) is 20.0. The normalized spacial score (nSPS) is 15.4. The lowest BCUT2D eigenvalue weighted by Crippen LogP contribution is -2.41. The minimum atomic E-state index is -0.639. The molecule has 1 fully saturated rings. The van der Waals surface area contributed by atoms with E-state index in [0.717, 1.165) is 23.8 Å². The van der Waals surface area contributed by atoms with Crippen LogP contribution in [0.4, 0.5) is 10.5 Å². The maximum Gasteiger partial charge on any atom is 0.319 e. The highest BCUT2D eigenvalue weighted by atomic mass is 16.3. The Balaban J connectivity index is 1.16. The summed E-state index contributed by atoms with van der Waals surface area (Å²) in [6, 6.07) is 16.3. The van der Waals surface area contributed by atoms with Gasteiger partial charge in [-0.3, -0.25) is 19.9 Å². The quantitative estimate of drug-likeness (QED) is 0.289. The van der Waals surface area contributed by atoms with E-state index in [-0.39, 0.29) is 30.8 Å². The maximum atomic E-state index is 12.4. The second-order valence-electron chi connectivity index (χ2n) is 9.11. The molecule has 4 N–H and O–H groups in total. The van der Waals surface area contributed by atoms with Crippen LogP contribution in [-0.4, -0.2) is 32.5 Å². The minimum Gasteiger partial charge on any atom is -0.494 e. The number of amides is 4. The standard InChI is InChI=1S/C28H27N5O4/c34-25-10-9-24(26(35)32-25)33-17-21-15-20(5-8-23(21)27(33)36)16-30-28(37)31-22-6-3-18(4-7-22)1-2-19-11-13-29-14-12-19/h3-8,11-15,17,24,36H,1-2,9-10,16H2,(H2,30,31,37)(H,32,34,35). The van der Waals surface area contributed by atoms with Gasteiger partial charge in [0.1, 0.15) is 6.04 Å². The van der Waals surface area contributed by atoms with Gasteiger partial charge in [0.25, 0.3) is 0 Å². The molecule has 0 radical (unpaired) electrons. The molecule has 4 aromatic rings. The Hall–Kier alpha value is -4.66.